The van der Waals surface area contributed by atoms with Gasteiger partial charge in [0.15, 0.2) is 0 Å². The first-order valence-electron chi connectivity index (χ1n) is 6.29. The van der Waals surface area contributed by atoms with E-state index in [1.165, 1.54) is 4.90 Å². The van der Waals surface area contributed by atoms with Gasteiger partial charge in [0, 0.05) is 10.0 Å². The number of hydrogen-bond acceptors (Lipinski definition) is 2. The lowest BCUT2D eigenvalue weighted by atomic mass is 9.97. The molecule has 0 saturated heterocycles. The van der Waals surface area contributed by atoms with Crippen LogP contribution in [0.5, 0.6) is 0 Å². The molecule has 0 N–H and O–H groups in total. The van der Waals surface area contributed by atoms with E-state index in [-0.39, 0.29) is 18.2 Å². The minimum Gasteiger partial charge on any atom is -0.274 e. The fourth-order valence-electron chi connectivity index (χ4n) is 2.47. The molecule has 0 aliphatic carbocycles. The van der Waals surface area contributed by atoms with Crippen molar-refractivity contribution in [3.8, 4) is 0 Å². The Morgan fingerprint density at radius 2 is 1.85 bits per heavy atom. The van der Waals surface area contributed by atoms with E-state index in [0.29, 0.717) is 11.3 Å². The van der Waals surface area contributed by atoms with Gasteiger partial charge in [0.1, 0.15) is 0 Å². The van der Waals surface area contributed by atoms with Crippen molar-refractivity contribution in [2.45, 2.75) is 13.3 Å². The zero-order valence-electron chi connectivity index (χ0n) is 10.9. The van der Waals surface area contributed by atoms with Crippen molar-refractivity contribution < 1.29 is 9.59 Å². The summed E-state index contributed by atoms with van der Waals surface area (Å²) in [5, 5.41) is 0. The number of imide groups is 1. The minimum atomic E-state index is -0.248. The van der Waals surface area contributed by atoms with Crippen molar-refractivity contribution in [1.82, 2.24) is 0 Å². The molecule has 2 aromatic rings. The first kappa shape index (κ1) is 13.1. The molecule has 100 valence electrons. The van der Waals surface area contributed by atoms with Gasteiger partial charge in [-0.2, -0.15) is 0 Å². The van der Waals surface area contributed by atoms with Crippen LogP contribution in [0.4, 0.5) is 5.69 Å². The van der Waals surface area contributed by atoms with Crippen molar-refractivity contribution in [2.24, 2.45) is 0 Å². The third-order valence-electron chi connectivity index (χ3n) is 3.44. The van der Waals surface area contributed by atoms with Gasteiger partial charge in [-0.15, -0.1) is 0 Å². The molecule has 1 aliphatic heterocycles. The van der Waals surface area contributed by atoms with Crippen LogP contribution in [-0.2, 0) is 11.2 Å². The average Bonchev–Trinajstić information content (AvgIpc) is 2.41. The number of fused-ring (bicyclic) bond motifs is 1. The number of carbonyl (C=O) groups is 2. The van der Waals surface area contributed by atoms with Crippen molar-refractivity contribution in [2.75, 3.05) is 4.90 Å². The summed E-state index contributed by atoms with van der Waals surface area (Å²) in [6.45, 7) is 1.89. The Bertz CT molecular complexity index is 724. The van der Waals surface area contributed by atoms with Gasteiger partial charge in [-0.1, -0.05) is 34.1 Å². The number of halogens is 1. The third-order valence-corrected chi connectivity index (χ3v) is 3.93. The van der Waals surface area contributed by atoms with Crippen LogP contribution in [0, 0.1) is 6.92 Å². The molecule has 2 aromatic carbocycles. The van der Waals surface area contributed by atoms with E-state index in [4.69, 9.17) is 0 Å². The molecule has 20 heavy (non-hydrogen) atoms. The quantitative estimate of drug-likeness (QED) is 0.751. The van der Waals surface area contributed by atoms with Gasteiger partial charge in [0.05, 0.1) is 12.1 Å². The number of hydrogen-bond donors (Lipinski definition) is 0. The second kappa shape index (κ2) is 4.87. The van der Waals surface area contributed by atoms with E-state index >= 15 is 0 Å². The lowest BCUT2D eigenvalue weighted by molar-refractivity contribution is -0.117. The third kappa shape index (κ3) is 2.06. The standard InChI is InChI=1S/C16H12BrNO2/c1-10-8-12(17)6-7-14(10)18-15(19)9-11-4-2-3-5-13(11)16(18)20/h2-8H,9H2,1H3. The predicted molar refractivity (Wildman–Crippen MR) is 80.8 cm³/mol. The Kier molecular flexibility index (Phi) is 3.18. The topological polar surface area (TPSA) is 37.4 Å². The Morgan fingerprint density at radius 3 is 2.60 bits per heavy atom. The fraction of sp³-hybridized carbons (Fsp3) is 0.125. The highest BCUT2D eigenvalue weighted by Gasteiger charge is 2.32. The van der Waals surface area contributed by atoms with Gasteiger partial charge in [0.25, 0.3) is 5.91 Å². The molecular weight excluding hydrogens is 318 g/mol. The SMILES string of the molecule is Cc1cc(Br)ccc1N1C(=O)Cc2ccccc2C1=O. The molecule has 0 unspecified atom stereocenters. The van der Waals surface area contributed by atoms with Gasteiger partial charge < -0.3 is 0 Å². The van der Waals surface area contributed by atoms with Crippen LogP contribution in [-0.4, -0.2) is 11.8 Å². The Hall–Kier alpha value is -1.94. The number of benzene rings is 2. The summed E-state index contributed by atoms with van der Waals surface area (Å²) in [6, 6.07) is 12.8. The summed E-state index contributed by atoms with van der Waals surface area (Å²) in [4.78, 5) is 26.1. The van der Waals surface area contributed by atoms with E-state index in [2.05, 4.69) is 15.9 Å². The lowest BCUT2D eigenvalue weighted by Gasteiger charge is -2.28. The highest BCUT2D eigenvalue weighted by Crippen LogP contribution is 2.29. The molecule has 3 rings (SSSR count). The smallest absolute Gasteiger partial charge is 0.265 e. The fourth-order valence-corrected chi connectivity index (χ4v) is 2.95. The first-order valence-corrected chi connectivity index (χ1v) is 7.08. The summed E-state index contributed by atoms with van der Waals surface area (Å²) in [5.41, 5.74) is 2.95. The molecule has 0 radical (unpaired) electrons. The average molecular weight is 330 g/mol. The molecule has 0 spiro atoms. The molecular formula is C16H12BrNO2. The van der Waals surface area contributed by atoms with Gasteiger partial charge in [0.2, 0.25) is 5.91 Å². The van der Waals surface area contributed by atoms with Gasteiger partial charge in [-0.25, -0.2) is 4.90 Å². The maximum absolute atomic E-state index is 12.6. The van der Waals surface area contributed by atoms with Crippen LogP contribution in [0.25, 0.3) is 0 Å². The highest BCUT2D eigenvalue weighted by molar-refractivity contribution is 9.10. The number of nitrogens with zero attached hydrogens (tertiary/aromatic N) is 1. The van der Waals surface area contributed by atoms with E-state index in [1.54, 1.807) is 12.1 Å². The first-order chi connectivity index (χ1) is 9.58. The van der Waals surface area contributed by atoms with Crippen molar-refractivity contribution >= 4 is 33.4 Å². The van der Waals surface area contributed by atoms with Crippen molar-refractivity contribution in [3.63, 3.8) is 0 Å². The zero-order chi connectivity index (χ0) is 14.3. The predicted octanol–water partition coefficient (Wildman–Crippen LogP) is 3.49. The summed E-state index contributed by atoms with van der Waals surface area (Å²) in [5.74, 6) is -0.429. The normalized spacial score (nSPS) is 14.4. The summed E-state index contributed by atoms with van der Waals surface area (Å²) in [6.07, 6.45) is 0.261. The molecule has 3 nitrogen and oxygen atoms in total. The molecule has 1 aliphatic rings. The van der Waals surface area contributed by atoms with Crippen LogP contribution in [0.3, 0.4) is 0 Å². The second-order valence-electron chi connectivity index (χ2n) is 4.80. The van der Waals surface area contributed by atoms with Crippen LogP contribution < -0.4 is 4.90 Å². The van der Waals surface area contributed by atoms with E-state index in [9.17, 15) is 9.59 Å². The monoisotopic (exact) mass is 329 g/mol. The molecule has 0 atom stereocenters. The molecule has 1 heterocycles. The largest absolute Gasteiger partial charge is 0.274 e. The van der Waals surface area contributed by atoms with Gasteiger partial charge in [-0.05, 0) is 42.3 Å². The zero-order valence-corrected chi connectivity index (χ0v) is 12.5. The molecule has 2 amide bonds. The van der Waals surface area contributed by atoms with E-state index in [0.717, 1.165) is 15.6 Å². The second-order valence-corrected chi connectivity index (χ2v) is 5.71. The Morgan fingerprint density at radius 1 is 1.10 bits per heavy atom. The number of aryl methyl sites for hydroxylation is 1. The number of carbonyl (C=O) groups excluding carboxylic acids is 2. The van der Waals surface area contributed by atoms with Gasteiger partial charge in [-0.3, -0.25) is 9.59 Å². The molecule has 0 bridgehead atoms. The molecule has 4 heteroatoms. The summed E-state index contributed by atoms with van der Waals surface area (Å²) in [7, 11) is 0. The van der Waals surface area contributed by atoms with Crippen molar-refractivity contribution in [3.05, 3.63) is 63.6 Å². The number of rotatable bonds is 1. The van der Waals surface area contributed by atoms with Crippen LogP contribution in [0.1, 0.15) is 21.5 Å². The Balaban J connectivity index is 2.11. The van der Waals surface area contributed by atoms with Crippen LogP contribution >= 0.6 is 15.9 Å². The number of amides is 2. The molecule has 0 fully saturated rings. The van der Waals surface area contributed by atoms with Crippen molar-refractivity contribution in [1.29, 1.82) is 0 Å². The molecule has 0 saturated carbocycles. The Labute approximate surface area is 125 Å². The highest BCUT2D eigenvalue weighted by atomic mass is 79.9. The van der Waals surface area contributed by atoms with Crippen LogP contribution in [0.15, 0.2) is 46.9 Å². The maximum atomic E-state index is 12.6. The molecule has 0 aromatic heterocycles. The maximum Gasteiger partial charge on any atom is 0.265 e. The number of anilines is 1. The van der Waals surface area contributed by atoms with E-state index < -0.39 is 0 Å². The lowest BCUT2D eigenvalue weighted by Crippen LogP contribution is -2.42. The van der Waals surface area contributed by atoms with E-state index in [1.807, 2.05) is 37.3 Å². The van der Waals surface area contributed by atoms with Crippen LogP contribution in [0.2, 0.25) is 0 Å². The van der Waals surface area contributed by atoms with Gasteiger partial charge >= 0.3 is 0 Å². The minimum absolute atomic E-state index is 0.181. The summed E-state index contributed by atoms with van der Waals surface area (Å²) < 4.78 is 0.927. The summed E-state index contributed by atoms with van der Waals surface area (Å²) >= 11 is 3.39.